The Hall–Kier alpha value is -4.30. The monoisotopic (exact) mass is 462 g/mol. The van der Waals surface area contributed by atoms with Crippen LogP contribution in [-0.2, 0) is 12.1 Å². The summed E-state index contributed by atoms with van der Waals surface area (Å²) >= 11 is 0. The fraction of sp³-hybridized carbons (Fsp3) is 0.217. The molecule has 4 aromatic rings. The lowest BCUT2D eigenvalue weighted by atomic mass is 9.80. The summed E-state index contributed by atoms with van der Waals surface area (Å²) in [7, 11) is 0. The van der Waals surface area contributed by atoms with E-state index in [-0.39, 0.29) is 12.1 Å². The highest BCUT2D eigenvalue weighted by molar-refractivity contribution is 5.58. The summed E-state index contributed by atoms with van der Waals surface area (Å²) in [4.78, 5) is 3.87. The summed E-state index contributed by atoms with van der Waals surface area (Å²) in [6, 6.07) is 10.5. The Kier molecular flexibility index (Phi) is 6.51. The van der Waals surface area contributed by atoms with Gasteiger partial charge in [-0.1, -0.05) is 31.2 Å². The van der Waals surface area contributed by atoms with Gasteiger partial charge in [0.15, 0.2) is 0 Å². The maximum atomic E-state index is 14.6. The van der Waals surface area contributed by atoms with Crippen LogP contribution in [0.2, 0.25) is 0 Å². The highest BCUT2D eigenvalue weighted by atomic mass is 19.1. The maximum Gasteiger partial charge on any atom is 0.143 e. The topological polar surface area (TPSA) is 118 Å². The molecule has 0 amide bonds. The van der Waals surface area contributed by atoms with Gasteiger partial charge in [0.2, 0.25) is 0 Å². The fourth-order valence-corrected chi connectivity index (χ4v) is 3.73. The molecule has 0 fully saturated rings. The molecule has 2 atom stereocenters. The van der Waals surface area contributed by atoms with Crippen molar-refractivity contribution in [3.8, 4) is 11.8 Å². The summed E-state index contributed by atoms with van der Waals surface area (Å²) in [5, 5.41) is 36.0. The van der Waals surface area contributed by atoms with Crippen molar-refractivity contribution in [1.82, 2.24) is 35.0 Å². The fourth-order valence-electron chi connectivity index (χ4n) is 3.73. The van der Waals surface area contributed by atoms with Crippen molar-refractivity contribution in [3.63, 3.8) is 0 Å². The zero-order chi connectivity index (χ0) is 24.1. The lowest BCUT2D eigenvalue weighted by molar-refractivity contribution is -0.0379. The normalized spacial score (nSPS) is 14.1. The molecule has 0 saturated heterocycles. The molecule has 4 rings (SSSR count). The molecule has 2 aromatic carbocycles. The minimum Gasteiger partial charge on any atom is -0.383 e. The number of aliphatic hydroxyl groups is 1. The summed E-state index contributed by atoms with van der Waals surface area (Å²) in [6.07, 6.45) is 8.13. The number of nitriles is 1. The van der Waals surface area contributed by atoms with Crippen molar-refractivity contribution in [2.75, 3.05) is 0 Å². The molecule has 2 aromatic heterocycles. The Bertz CT molecular complexity index is 1330. The van der Waals surface area contributed by atoms with Crippen LogP contribution in [-0.4, -0.2) is 40.1 Å². The van der Waals surface area contributed by atoms with Crippen LogP contribution in [0, 0.1) is 28.9 Å². The van der Waals surface area contributed by atoms with Gasteiger partial charge in [-0.05, 0) is 46.5 Å². The quantitative estimate of drug-likeness (QED) is 0.428. The lowest BCUT2D eigenvalue weighted by Gasteiger charge is -2.34. The van der Waals surface area contributed by atoms with Crippen molar-refractivity contribution in [2.45, 2.75) is 25.5 Å². The number of tetrazole rings is 1. The molecule has 0 radical (unpaired) electrons. The van der Waals surface area contributed by atoms with Crippen molar-refractivity contribution in [2.24, 2.45) is 5.92 Å². The van der Waals surface area contributed by atoms with Crippen molar-refractivity contribution in [3.05, 3.63) is 89.8 Å². The minimum atomic E-state index is -1.68. The third kappa shape index (κ3) is 4.72. The molecule has 0 aliphatic heterocycles. The first kappa shape index (κ1) is 22.9. The van der Waals surface area contributed by atoms with E-state index in [1.165, 1.54) is 34.4 Å². The van der Waals surface area contributed by atoms with E-state index >= 15 is 0 Å². The van der Waals surface area contributed by atoms with Gasteiger partial charge in [-0.3, -0.25) is 0 Å². The van der Waals surface area contributed by atoms with Crippen molar-refractivity contribution < 1.29 is 13.9 Å². The minimum absolute atomic E-state index is 0.0251. The molecule has 2 heterocycles. The van der Waals surface area contributed by atoms with Gasteiger partial charge < -0.3 is 5.11 Å². The largest absolute Gasteiger partial charge is 0.383 e. The number of halogens is 2. The van der Waals surface area contributed by atoms with E-state index in [0.717, 1.165) is 17.7 Å². The number of hydrogen-bond acceptors (Lipinski definition) is 7. The predicted octanol–water partition coefficient (Wildman–Crippen LogP) is 3.03. The second kappa shape index (κ2) is 9.68. The standard InChI is InChI=1S/C23H20F2N8O/c1-16(3-2-4-17-5-8-22(18(9-17)11-26)33-15-28-30-31-33)23(34,12-32-14-27-13-29-32)20-7-6-19(24)10-21(20)25/h2,4-10,13-16,34H,3,12H2,1H3/b4-2+/t16-,23+/m0/s1. The van der Waals surface area contributed by atoms with Gasteiger partial charge in [-0.2, -0.15) is 15.0 Å². The van der Waals surface area contributed by atoms with E-state index in [0.29, 0.717) is 17.7 Å². The van der Waals surface area contributed by atoms with Gasteiger partial charge in [-0.25, -0.2) is 18.4 Å². The molecule has 34 heavy (non-hydrogen) atoms. The van der Waals surface area contributed by atoms with Gasteiger partial charge in [0.25, 0.3) is 0 Å². The predicted molar refractivity (Wildman–Crippen MR) is 117 cm³/mol. The number of allylic oxidation sites excluding steroid dienone is 1. The van der Waals surface area contributed by atoms with Gasteiger partial charge in [0.05, 0.1) is 17.8 Å². The molecule has 0 saturated carbocycles. The van der Waals surface area contributed by atoms with Gasteiger partial charge >= 0.3 is 0 Å². The zero-order valence-electron chi connectivity index (χ0n) is 18.1. The van der Waals surface area contributed by atoms with Crippen LogP contribution < -0.4 is 0 Å². The molecule has 11 heteroatoms. The smallest absolute Gasteiger partial charge is 0.143 e. The van der Waals surface area contributed by atoms with E-state index in [2.05, 4.69) is 31.7 Å². The summed E-state index contributed by atoms with van der Waals surface area (Å²) in [5.41, 5.74) is -0.0146. The number of benzene rings is 2. The van der Waals surface area contributed by atoms with E-state index in [4.69, 9.17) is 0 Å². The molecule has 9 nitrogen and oxygen atoms in total. The summed E-state index contributed by atoms with van der Waals surface area (Å²) in [5.74, 6) is -2.05. The second-order valence-corrected chi connectivity index (χ2v) is 7.82. The number of aromatic nitrogens is 7. The first-order valence-corrected chi connectivity index (χ1v) is 10.3. The number of rotatable bonds is 8. The Labute approximate surface area is 193 Å². The Morgan fingerprint density at radius 1 is 1.21 bits per heavy atom. The van der Waals surface area contributed by atoms with Crippen LogP contribution in [0.25, 0.3) is 11.8 Å². The highest BCUT2D eigenvalue weighted by Crippen LogP contribution is 2.36. The maximum absolute atomic E-state index is 14.6. The number of nitrogens with zero attached hydrogens (tertiary/aromatic N) is 8. The molecule has 0 aliphatic carbocycles. The summed E-state index contributed by atoms with van der Waals surface area (Å²) < 4.78 is 30.9. The van der Waals surface area contributed by atoms with Crippen LogP contribution in [0.1, 0.15) is 30.0 Å². The highest BCUT2D eigenvalue weighted by Gasteiger charge is 2.38. The third-order valence-corrected chi connectivity index (χ3v) is 5.62. The molecular formula is C23H20F2N8O. The Morgan fingerprint density at radius 2 is 2.06 bits per heavy atom. The average molecular weight is 462 g/mol. The molecular weight excluding hydrogens is 442 g/mol. The van der Waals surface area contributed by atoms with Crippen LogP contribution in [0.4, 0.5) is 8.78 Å². The first-order chi connectivity index (χ1) is 16.4. The third-order valence-electron chi connectivity index (χ3n) is 5.62. The molecule has 0 unspecified atom stereocenters. The van der Waals surface area contributed by atoms with E-state index in [1.54, 1.807) is 31.2 Å². The second-order valence-electron chi connectivity index (χ2n) is 7.82. The summed E-state index contributed by atoms with van der Waals surface area (Å²) in [6.45, 7) is 1.70. The Morgan fingerprint density at radius 3 is 2.74 bits per heavy atom. The van der Waals surface area contributed by atoms with Crippen LogP contribution in [0.5, 0.6) is 0 Å². The molecule has 0 spiro atoms. The van der Waals surface area contributed by atoms with Gasteiger partial charge in [-0.15, -0.1) is 5.10 Å². The van der Waals surface area contributed by atoms with Crippen molar-refractivity contribution in [1.29, 1.82) is 5.26 Å². The van der Waals surface area contributed by atoms with E-state index in [9.17, 15) is 19.1 Å². The van der Waals surface area contributed by atoms with Gasteiger partial charge in [0.1, 0.15) is 42.3 Å². The molecule has 172 valence electrons. The molecule has 1 N–H and O–H groups in total. The van der Waals surface area contributed by atoms with Crippen LogP contribution in [0.3, 0.4) is 0 Å². The zero-order valence-corrected chi connectivity index (χ0v) is 18.1. The van der Waals surface area contributed by atoms with E-state index in [1.807, 2.05) is 6.08 Å². The van der Waals surface area contributed by atoms with Crippen molar-refractivity contribution >= 4 is 6.08 Å². The molecule has 0 bridgehead atoms. The lowest BCUT2D eigenvalue weighted by Crippen LogP contribution is -2.39. The average Bonchev–Trinajstić information content (AvgIpc) is 3.53. The molecule has 0 aliphatic rings. The van der Waals surface area contributed by atoms with Crippen LogP contribution in [0.15, 0.2) is 61.5 Å². The van der Waals surface area contributed by atoms with Crippen LogP contribution >= 0.6 is 0 Å². The first-order valence-electron chi connectivity index (χ1n) is 10.3. The Balaban J connectivity index is 1.57. The SMILES string of the molecule is C[C@@H](C/C=C/c1ccc(-n2cnnn2)c(C#N)c1)[C@](O)(Cn1cncn1)c1ccc(F)cc1F. The number of hydrogen-bond donors (Lipinski definition) is 1. The van der Waals surface area contributed by atoms with E-state index < -0.39 is 23.2 Å². The van der Waals surface area contributed by atoms with Gasteiger partial charge in [0, 0.05) is 11.6 Å².